The second-order valence-corrected chi connectivity index (χ2v) is 10.8. The van der Waals surface area contributed by atoms with Crippen LogP contribution in [0.4, 0.5) is 0 Å². The van der Waals surface area contributed by atoms with Crippen molar-refractivity contribution in [3.8, 4) is 67.8 Å². The summed E-state index contributed by atoms with van der Waals surface area (Å²) < 4.78 is 2.16. The highest BCUT2D eigenvalue weighted by atomic mass is 15.0. The number of rotatable bonds is 6. The Morgan fingerprint density at radius 1 is 0.356 bits per heavy atom. The molecule has 0 radical (unpaired) electrons. The summed E-state index contributed by atoms with van der Waals surface area (Å²) in [5.74, 6) is 1.89. The molecule has 0 fully saturated rings. The summed E-state index contributed by atoms with van der Waals surface area (Å²) in [7, 11) is 0. The lowest BCUT2D eigenvalue weighted by Crippen LogP contribution is -2.00. The van der Waals surface area contributed by atoms with Crippen LogP contribution in [0, 0.1) is 0 Å². The predicted molar refractivity (Wildman–Crippen MR) is 181 cm³/mol. The SMILES string of the molecule is c1ccc(-c2nc(-c3ccccc3)nc(-c3ccc(-c4nc5ccccn5c4-c4ccccc4)c(-c4ccccc4)c3)n2)cc1. The molecule has 0 spiro atoms. The average molecular weight is 578 g/mol. The second kappa shape index (κ2) is 11.5. The van der Waals surface area contributed by atoms with Gasteiger partial charge in [0.15, 0.2) is 17.5 Å². The van der Waals surface area contributed by atoms with Crippen LogP contribution in [-0.2, 0) is 0 Å². The monoisotopic (exact) mass is 577 g/mol. The lowest BCUT2D eigenvalue weighted by Gasteiger charge is -2.14. The van der Waals surface area contributed by atoms with Crippen LogP contribution in [0.2, 0.25) is 0 Å². The molecular formula is C40H27N5. The van der Waals surface area contributed by atoms with E-state index in [1.165, 1.54) is 0 Å². The Morgan fingerprint density at radius 3 is 1.42 bits per heavy atom. The van der Waals surface area contributed by atoms with Crippen molar-refractivity contribution in [3.63, 3.8) is 0 Å². The minimum Gasteiger partial charge on any atom is -0.299 e. The molecule has 3 heterocycles. The van der Waals surface area contributed by atoms with Crippen LogP contribution in [0.25, 0.3) is 73.5 Å². The molecule has 8 rings (SSSR count). The zero-order valence-corrected chi connectivity index (χ0v) is 24.3. The van der Waals surface area contributed by atoms with Crippen LogP contribution in [0.5, 0.6) is 0 Å². The number of imidazole rings is 1. The van der Waals surface area contributed by atoms with E-state index >= 15 is 0 Å². The van der Waals surface area contributed by atoms with Gasteiger partial charge in [0, 0.05) is 34.0 Å². The number of pyridine rings is 1. The Morgan fingerprint density at radius 2 is 0.844 bits per heavy atom. The van der Waals surface area contributed by atoms with Crippen LogP contribution in [0.3, 0.4) is 0 Å². The van der Waals surface area contributed by atoms with Gasteiger partial charge in [-0.2, -0.15) is 0 Å². The third-order valence-corrected chi connectivity index (χ3v) is 7.89. The maximum atomic E-state index is 5.18. The normalized spacial score (nSPS) is 11.1. The van der Waals surface area contributed by atoms with E-state index in [0.717, 1.165) is 56.0 Å². The van der Waals surface area contributed by atoms with Crippen LogP contribution in [0.15, 0.2) is 164 Å². The summed E-state index contributed by atoms with van der Waals surface area (Å²) in [4.78, 5) is 20.0. The topological polar surface area (TPSA) is 56.0 Å². The molecule has 3 aromatic heterocycles. The van der Waals surface area contributed by atoms with Crippen molar-refractivity contribution in [2.45, 2.75) is 0 Å². The van der Waals surface area contributed by atoms with Crippen molar-refractivity contribution in [1.29, 1.82) is 0 Å². The van der Waals surface area contributed by atoms with E-state index in [-0.39, 0.29) is 0 Å². The van der Waals surface area contributed by atoms with Crippen LogP contribution in [0.1, 0.15) is 0 Å². The highest BCUT2D eigenvalue weighted by Gasteiger charge is 2.21. The quantitative estimate of drug-likeness (QED) is 0.197. The Hall–Kier alpha value is -6.20. The van der Waals surface area contributed by atoms with Crippen molar-refractivity contribution >= 4 is 5.65 Å². The zero-order valence-electron chi connectivity index (χ0n) is 24.3. The molecule has 0 aliphatic carbocycles. The maximum absolute atomic E-state index is 5.18. The van der Waals surface area contributed by atoms with Crippen molar-refractivity contribution in [1.82, 2.24) is 24.3 Å². The first-order valence-corrected chi connectivity index (χ1v) is 14.9. The molecule has 5 aromatic carbocycles. The molecule has 0 aliphatic rings. The van der Waals surface area contributed by atoms with E-state index in [1.54, 1.807) is 0 Å². The van der Waals surface area contributed by atoms with Gasteiger partial charge >= 0.3 is 0 Å². The van der Waals surface area contributed by atoms with Gasteiger partial charge in [-0.15, -0.1) is 0 Å². The fraction of sp³-hybridized carbons (Fsp3) is 0. The van der Waals surface area contributed by atoms with Gasteiger partial charge < -0.3 is 0 Å². The zero-order chi connectivity index (χ0) is 30.0. The maximum Gasteiger partial charge on any atom is 0.164 e. The van der Waals surface area contributed by atoms with Gasteiger partial charge in [0.25, 0.3) is 0 Å². The van der Waals surface area contributed by atoms with Gasteiger partial charge in [0.2, 0.25) is 0 Å². The van der Waals surface area contributed by atoms with Crippen LogP contribution >= 0.6 is 0 Å². The smallest absolute Gasteiger partial charge is 0.164 e. The van der Waals surface area contributed by atoms with E-state index < -0.39 is 0 Å². The van der Waals surface area contributed by atoms with Crippen LogP contribution < -0.4 is 0 Å². The molecule has 0 aliphatic heterocycles. The van der Waals surface area contributed by atoms with Crippen molar-refractivity contribution in [3.05, 3.63) is 164 Å². The Balaban J connectivity index is 1.36. The summed E-state index contributed by atoms with van der Waals surface area (Å²) in [6.07, 6.45) is 2.08. The van der Waals surface area contributed by atoms with Gasteiger partial charge in [0.05, 0.1) is 11.4 Å². The summed E-state index contributed by atoms with van der Waals surface area (Å²) in [6.45, 7) is 0. The van der Waals surface area contributed by atoms with Crippen LogP contribution in [-0.4, -0.2) is 24.3 Å². The van der Waals surface area contributed by atoms with E-state index in [2.05, 4.69) is 77.3 Å². The molecule has 0 atom stereocenters. The first-order chi connectivity index (χ1) is 22.3. The largest absolute Gasteiger partial charge is 0.299 e. The van der Waals surface area contributed by atoms with Crippen molar-refractivity contribution < 1.29 is 0 Å². The Bertz CT molecular complexity index is 2190. The van der Waals surface area contributed by atoms with E-state index in [0.29, 0.717) is 17.5 Å². The van der Waals surface area contributed by atoms with Crippen molar-refractivity contribution in [2.75, 3.05) is 0 Å². The third-order valence-electron chi connectivity index (χ3n) is 7.89. The molecule has 212 valence electrons. The molecule has 0 amide bonds. The van der Waals surface area contributed by atoms with Gasteiger partial charge in [-0.1, -0.05) is 140 Å². The highest BCUT2D eigenvalue weighted by molar-refractivity contribution is 5.92. The molecule has 5 heteroatoms. The van der Waals surface area contributed by atoms with E-state index in [4.69, 9.17) is 19.9 Å². The third kappa shape index (κ3) is 5.07. The molecule has 0 N–H and O–H groups in total. The summed E-state index contributed by atoms with van der Waals surface area (Å²) in [5.41, 5.74) is 9.93. The van der Waals surface area contributed by atoms with E-state index in [1.807, 2.05) is 91.0 Å². The van der Waals surface area contributed by atoms with Gasteiger partial charge in [-0.3, -0.25) is 4.40 Å². The molecule has 0 unspecified atom stereocenters. The first-order valence-electron chi connectivity index (χ1n) is 14.9. The Labute approximate surface area is 261 Å². The number of benzene rings is 5. The lowest BCUT2D eigenvalue weighted by atomic mass is 9.93. The van der Waals surface area contributed by atoms with Gasteiger partial charge in [-0.25, -0.2) is 19.9 Å². The van der Waals surface area contributed by atoms with Crippen molar-refractivity contribution in [2.24, 2.45) is 0 Å². The minimum atomic E-state index is 0.615. The first kappa shape index (κ1) is 26.4. The number of fused-ring (bicyclic) bond motifs is 1. The number of hydrogen-bond donors (Lipinski definition) is 0. The molecular weight excluding hydrogens is 550 g/mol. The fourth-order valence-electron chi connectivity index (χ4n) is 5.74. The standard InChI is InChI=1S/C40H27N5/c1-5-15-28(16-6-1)34-27-32(40-43-38(30-19-9-3-10-20-30)42-39(44-40)31-21-11-4-12-22-31)24-25-33(34)36-37(29-17-7-2-8-18-29)45-26-14-13-23-35(45)41-36/h1-27H. The molecule has 0 saturated carbocycles. The molecule has 45 heavy (non-hydrogen) atoms. The Kier molecular flexibility index (Phi) is 6.74. The lowest BCUT2D eigenvalue weighted by molar-refractivity contribution is 1.07. The highest BCUT2D eigenvalue weighted by Crippen LogP contribution is 2.40. The minimum absolute atomic E-state index is 0.615. The summed E-state index contributed by atoms with van der Waals surface area (Å²) >= 11 is 0. The summed E-state index contributed by atoms with van der Waals surface area (Å²) in [6, 6.07) is 53.6. The molecule has 5 nitrogen and oxygen atoms in total. The fourth-order valence-corrected chi connectivity index (χ4v) is 5.74. The number of aromatic nitrogens is 5. The molecule has 8 aromatic rings. The summed E-state index contributed by atoms with van der Waals surface area (Å²) in [5, 5.41) is 0. The predicted octanol–water partition coefficient (Wildman–Crippen LogP) is 9.52. The average Bonchev–Trinajstić information content (AvgIpc) is 3.52. The number of hydrogen-bond acceptors (Lipinski definition) is 4. The molecule has 0 bridgehead atoms. The molecule has 0 saturated heterocycles. The second-order valence-electron chi connectivity index (χ2n) is 10.8. The van der Waals surface area contributed by atoms with Gasteiger partial charge in [-0.05, 0) is 29.3 Å². The number of nitrogens with zero attached hydrogens (tertiary/aromatic N) is 5. The van der Waals surface area contributed by atoms with E-state index in [9.17, 15) is 0 Å². The van der Waals surface area contributed by atoms with Gasteiger partial charge in [0.1, 0.15) is 5.65 Å².